The van der Waals surface area contributed by atoms with Crippen LogP contribution in [0.5, 0.6) is 0 Å². The van der Waals surface area contributed by atoms with Gasteiger partial charge in [0.05, 0.1) is 6.10 Å². The Hall–Kier alpha value is -0.560. The minimum Gasteiger partial charge on any atom is -0.381 e. The molecule has 0 amide bonds. The number of hydrogen-bond acceptors (Lipinski definition) is 1. The van der Waals surface area contributed by atoms with E-state index in [4.69, 9.17) is 4.74 Å². The van der Waals surface area contributed by atoms with E-state index in [1.54, 1.807) is 51.4 Å². The summed E-state index contributed by atoms with van der Waals surface area (Å²) in [6, 6.07) is 0. The van der Waals surface area contributed by atoms with Crippen molar-refractivity contribution in [3.63, 3.8) is 0 Å². The van der Waals surface area contributed by atoms with Crippen molar-refractivity contribution in [3.8, 4) is 0 Å². The molecule has 0 saturated heterocycles. The van der Waals surface area contributed by atoms with Gasteiger partial charge < -0.3 is 4.74 Å². The van der Waals surface area contributed by atoms with E-state index in [9.17, 15) is 0 Å². The van der Waals surface area contributed by atoms with Crippen molar-refractivity contribution in [3.05, 3.63) is 25.3 Å². The summed E-state index contributed by atoms with van der Waals surface area (Å²) in [6.07, 6.45) is 61.0. The molecule has 0 aliphatic heterocycles. The van der Waals surface area contributed by atoms with Gasteiger partial charge in [-0.05, 0) is 217 Å². The smallest absolute Gasteiger partial charge is 0.0571 e. The van der Waals surface area contributed by atoms with Gasteiger partial charge in [0.15, 0.2) is 0 Å². The van der Waals surface area contributed by atoms with Crippen molar-refractivity contribution in [1.82, 2.24) is 0 Å². The SMILES string of the molecule is C=CCC1CCC(C2CCC(CCC)CC2)CC1.C=CCC1CCC(C2CCC(OC)CC2)CC1.CC1CCC(C2CCC(C)CC2)CC1.CC1CCC(CCC2CCC(C)CC2)CC1. The Labute approximate surface area is 408 Å². The summed E-state index contributed by atoms with van der Waals surface area (Å²) in [7, 11) is 1.87. The molecule has 0 heterocycles. The molecule has 0 radical (unpaired) electrons. The second-order valence-corrected chi connectivity index (χ2v) is 25.8. The van der Waals surface area contributed by atoms with E-state index < -0.39 is 0 Å². The summed E-state index contributed by atoms with van der Waals surface area (Å²) >= 11 is 0. The number of ether oxygens (including phenoxy) is 1. The standard InChI is InChI=1S/C18H32.C16H28O.C16H30.C14H26/c1-3-5-15-7-11-17(12-8-15)18-13-9-16(6-4-2)10-14-18;1-3-4-13-5-7-14(8-6-13)15-9-11-16(17-2)12-10-15;1-13-3-7-15(8-4-13)11-12-16-9-5-14(2)6-10-16;1-11-3-7-13(8-4-11)14-9-5-12(2)6-10-14/h3,15-18H,1,4-14H2,2H3;3,13-16H,1,4-12H2,2H3;13-16H,3-12H2,1-2H3;11-14H,3-10H2,1-2H3. The zero-order valence-electron chi connectivity index (χ0n) is 45.1. The molecular formula is C64H116O. The van der Waals surface area contributed by atoms with Crippen LogP contribution in [0.15, 0.2) is 25.3 Å². The Kier molecular flexibility index (Phi) is 26.9. The fraction of sp³-hybridized carbons (Fsp3) is 0.938. The highest BCUT2D eigenvalue weighted by Crippen LogP contribution is 2.45. The van der Waals surface area contributed by atoms with Crippen molar-refractivity contribution in [1.29, 1.82) is 0 Å². The number of hydrogen-bond donors (Lipinski definition) is 0. The van der Waals surface area contributed by atoms with E-state index in [-0.39, 0.29) is 0 Å². The minimum atomic E-state index is 0.559. The topological polar surface area (TPSA) is 9.23 Å². The monoisotopic (exact) mass is 901 g/mol. The first-order chi connectivity index (χ1) is 31.7. The Bertz CT molecular complexity index is 1110. The normalized spacial score (nSPS) is 40.3. The molecule has 8 aliphatic carbocycles. The third kappa shape index (κ3) is 20.7. The molecule has 0 N–H and O–H groups in total. The first-order valence-corrected chi connectivity index (χ1v) is 30.4. The molecule has 378 valence electrons. The van der Waals surface area contributed by atoms with Crippen LogP contribution in [0.1, 0.15) is 279 Å². The highest BCUT2D eigenvalue weighted by molar-refractivity contribution is 4.86. The summed E-state index contributed by atoms with van der Waals surface area (Å²) in [6.45, 7) is 19.8. The molecule has 0 atom stereocenters. The number of allylic oxidation sites excluding steroid dienone is 2. The van der Waals surface area contributed by atoms with Gasteiger partial charge in [-0.2, -0.15) is 0 Å². The highest BCUT2D eigenvalue weighted by atomic mass is 16.5. The highest BCUT2D eigenvalue weighted by Gasteiger charge is 2.33. The third-order valence-electron chi connectivity index (χ3n) is 20.8. The van der Waals surface area contributed by atoms with E-state index in [0.717, 1.165) is 88.8 Å². The van der Waals surface area contributed by atoms with E-state index in [1.807, 2.05) is 7.11 Å². The average Bonchev–Trinajstić information content (AvgIpc) is 3.34. The van der Waals surface area contributed by atoms with Gasteiger partial charge in [-0.3, -0.25) is 0 Å². The van der Waals surface area contributed by atoms with Crippen LogP contribution in [0.4, 0.5) is 0 Å². The molecule has 0 aromatic rings. The van der Waals surface area contributed by atoms with Gasteiger partial charge in [-0.25, -0.2) is 0 Å². The van der Waals surface area contributed by atoms with Crippen LogP contribution in [0.25, 0.3) is 0 Å². The van der Waals surface area contributed by atoms with Gasteiger partial charge in [0.2, 0.25) is 0 Å². The van der Waals surface area contributed by atoms with Crippen molar-refractivity contribution >= 4 is 0 Å². The summed E-state index contributed by atoms with van der Waals surface area (Å²) < 4.78 is 5.46. The van der Waals surface area contributed by atoms with Gasteiger partial charge in [0, 0.05) is 7.11 Å². The molecule has 8 fully saturated rings. The van der Waals surface area contributed by atoms with E-state index >= 15 is 0 Å². The van der Waals surface area contributed by atoms with Crippen molar-refractivity contribution < 1.29 is 4.74 Å². The van der Waals surface area contributed by atoms with Gasteiger partial charge in [-0.15, -0.1) is 13.2 Å². The minimum absolute atomic E-state index is 0.559. The Morgan fingerprint density at radius 3 is 0.831 bits per heavy atom. The van der Waals surface area contributed by atoms with Crippen LogP contribution >= 0.6 is 0 Å². The second-order valence-electron chi connectivity index (χ2n) is 25.8. The summed E-state index contributed by atoms with van der Waals surface area (Å²) in [5.74, 6) is 15.7. The van der Waals surface area contributed by atoms with Crippen molar-refractivity contribution in [2.75, 3.05) is 7.11 Å². The molecular weight excluding hydrogens is 785 g/mol. The molecule has 1 heteroatoms. The molecule has 1 nitrogen and oxygen atoms in total. The molecule has 8 aliphatic rings. The molecule has 0 unspecified atom stereocenters. The summed E-state index contributed by atoms with van der Waals surface area (Å²) in [5, 5.41) is 0. The maximum Gasteiger partial charge on any atom is 0.0571 e. The number of methoxy groups -OCH3 is 1. The van der Waals surface area contributed by atoms with E-state index in [1.165, 1.54) is 193 Å². The average molecular weight is 902 g/mol. The predicted molar refractivity (Wildman–Crippen MR) is 287 cm³/mol. The molecule has 0 spiro atoms. The Balaban J connectivity index is 0.000000163. The van der Waals surface area contributed by atoms with E-state index in [2.05, 4.69) is 59.9 Å². The number of rotatable bonds is 13. The zero-order valence-corrected chi connectivity index (χ0v) is 45.1. The van der Waals surface area contributed by atoms with Crippen molar-refractivity contribution in [2.24, 2.45) is 88.8 Å². The first kappa shape index (κ1) is 55.4. The van der Waals surface area contributed by atoms with E-state index in [0.29, 0.717) is 6.10 Å². The molecule has 8 saturated carbocycles. The lowest BCUT2D eigenvalue weighted by Crippen LogP contribution is -2.28. The van der Waals surface area contributed by atoms with Crippen LogP contribution in [0.3, 0.4) is 0 Å². The van der Waals surface area contributed by atoms with Gasteiger partial charge in [-0.1, -0.05) is 162 Å². The lowest BCUT2D eigenvalue weighted by atomic mass is 9.68. The Morgan fingerprint density at radius 1 is 0.323 bits per heavy atom. The maximum atomic E-state index is 5.46. The quantitative estimate of drug-likeness (QED) is 0.167. The first-order valence-electron chi connectivity index (χ1n) is 30.4. The largest absolute Gasteiger partial charge is 0.381 e. The van der Waals surface area contributed by atoms with Crippen LogP contribution in [-0.4, -0.2) is 13.2 Å². The van der Waals surface area contributed by atoms with Crippen LogP contribution in [-0.2, 0) is 4.74 Å². The van der Waals surface area contributed by atoms with Gasteiger partial charge >= 0.3 is 0 Å². The zero-order chi connectivity index (χ0) is 46.2. The Morgan fingerprint density at radius 2 is 0.554 bits per heavy atom. The molecule has 8 rings (SSSR count). The molecule has 0 aromatic heterocycles. The molecule has 65 heavy (non-hydrogen) atoms. The molecule has 0 bridgehead atoms. The maximum absolute atomic E-state index is 5.46. The lowest BCUT2D eigenvalue weighted by molar-refractivity contribution is 0.0395. The second kappa shape index (κ2) is 31.6. The molecule has 0 aromatic carbocycles. The van der Waals surface area contributed by atoms with Crippen LogP contribution < -0.4 is 0 Å². The van der Waals surface area contributed by atoms with Gasteiger partial charge in [0.25, 0.3) is 0 Å². The third-order valence-corrected chi connectivity index (χ3v) is 20.8. The predicted octanol–water partition coefficient (Wildman–Crippen LogP) is 20.6. The fourth-order valence-corrected chi connectivity index (χ4v) is 15.6. The van der Waals surface area contributed by atoms with Gasteiger partial charge in [0.1, 0.15) is 0 Å². The fourth-order valence-electron chi connectivity index (χ4n) is 15.6. The lowest BCUT2D eigenvalue weighted by Gasteiger charge is -2.37. The summed E-state index contributed by atoms with van der Waals surface area (Å²) in [5.41, 5.74) is 0. The van der Waals surface area contributed by atoms with Crippen LogP contribution in [0, 0.1) is 88.8 Å². The van der Waals surface area contributed by atoms with Crippen LogP contribution in [0.2, 0.25) is 0 Å². The summed E-state index contributed by atoms with van der Waals surface area (Å²) in [4.78, 5) is 0. The van der Waals surface area contributed by atoms with Crippen molar-refractivity contribution in [2.45, 2.75) is 285 Å².